The molecule has 0 radical (unpaired) electrons. The number of hydrogen-bond acceptors (Lipinski definition) is 2. The van der Waals surface area contributed by atoms with E-state index in [0.717, 1.165) is 29.9 Å². The monoisotopic (exact) mass is 440 g/mol. The van der Waals surface area contributed by atoms with Crippen molar-refractivity contribution in [2.75, 3.05) is 0 Å². The average molecular weight is 441 g/mol. The Balaban J connectivity index is 0.00000338. The van der Waals surface area contributed by atoms with Gasteiger partial charge in [-0.15, -0.1) is 0 Å². The van der Waals surface area contributed by atoms with Gasteiger partial charge in [-0.25, -0.2) is 0 Å². The van der Waals surface area contributed by atoms with E-state index < -0.39 is 0 Å². The molecule has 0 aliphatic carbocycles. The molecule has 0 bridgehead atoms. The molecular weight excluding hydrogens is 411 g/mol. The van der Waals surface area contributed by atoms with Gasteiger partial charge in [-0.3, -0.25) is 9.98 Å². The summed E-state index contributed by atoms with van der Waals surface area (Å²) in [4.78, 5) is 9.57. The molecule has 0 unspecified atom stereocenters. The molecule has 2 aromatic carbocycles. The summed E-state index contributed by atoms with van der Waals surface area (Å²) in [5.74, 6) is 0. The normalized spacial score (nSPS) is 11.7. The second-order valence-corrected chi connectivity index (χ2v) is 7.01. The third-order valence-electron chi connectivity index (χ3n) is 4.08. The Kier molecular flexibility index (Phi) is 9.70. The van der Waals surface area contributed by atoms with Crippen LogP contribution < -0.4 is 0 Å². The van der Waals surface area contributed by atoms with Crippen LogP contribution in [0, 0.1) is 27.7 Å². The Morgan fingerprint density at radius 1 is 0.769 bits per heavy atom. The maximum atomic E-state index is 4.88. The Labute approximate surface area is 172 Å². The first-order chi connectivity index (χ1) is 12.0. The minimum absolute atomic E-state index is 0. The van der Waals surface area contributed by atoms with Crippen molar-refractivity contribution in [3.05, 3.63) is 58.7 Å². The summed E-state index contributed by atoms with van der Waals surface area (Å²) in [7, 11) is 0. The van der Waals surface area contributed by atoms with Crippen LogP contribution >= 0.6 is 0 Å². The number of nitrogens with zero attached hydrogens (tertiary/aromatic N) is 2. The second-order valence-electron chi connectivity index (χ2n) is 7.01. The fourth-order valence-corrected chi connectivity index (χ4v) is 3.06. The number of benzene rings is 2. The molecule has 2 nitrogen and oxygen atoms in total. The second kappa shape index (κ2) is 11.2. The van der Waals surface area contributed by atoms with Gasteiger partial charge in [0.25, 0.3) is 0 Å². The van der Waals surface area contributed by atoms with Crippen LogP contribution in [-0.4, -0.2) is 11.9 Å². The summed E-state index contributed by atoms with van der Waals surface area (Å²) < 4.78 is 0. The molecular formula is C23H30N2Pd. The molecule has 0 aliphatic rings. The van der Waals surface area contributed by atoms with Gasteiger partial charge < -0.3 is 0 Å². The fourth-order valence-electron chi connectivity index (χ4n) is 3.06. The molecule has 2 aromatic rings. The first-order valence-electron chi connectivity index (χ1n) is 9.24. The molecule has 0 saturated carbocycles. The molecule has 0 saturated heterocycles. The van der Waals surface area contributed by atoms with Crippen molar-refractivity contribution in [1.82, 2.24) is 0 Å². The summed E-state index contributed by atoms with van der Waals surface area (Å²) in [6.45, 7) is 10.7. The van der Waals surface area contributed by atoms with Gasteiger partial charge in [-0.05, 0) is 87.1 Å². The Morgan fingerprint density at radius 2 is 1.27 bits per heavy atom. The quantitative estimate of drug-likeness (QED) is 0.252. The zero-order valence-electron chi connectivity index (χ0n) is 16.6. The van der Waals surface area contributed by atoms with Crippen molar-refractivity contribution in [3.8, 4) is 0 Å². The average Bonchev–Trinajstić information content (AvgIpc) is 2.50. The van der Waals surface area contributed by atoms with Crippen molar-refractivity contribution in [2.24, 2.45) is 9.98 Å². The van der Waals surface area contributed by atoms with E-state index in [9.17, 15) is 0 Å². The predicted octanol–water partition coefficient (Wildman–Crippen LogP) is 6.97. The van der Waals surface area contributed by atoms with Gasteiger partial charge in [0, 0.05) is 26.6 Å². The predicted molar refractivity (Wildman–Crippen MR) is 111 cm³/mol. The van der Waals surface area contributed by atoms with Crippen molar-refractivity contribution in [1.29, 1.82) is 0 Å². The molecule has 0 atom stereocenters. The number of hydrogen-bond donors (Lipinski definition) is 0. The minimum atomic E-state index is 0. The summed E-state index contributed by atoms with van der Waals surface area (Å²) in [5.41, 5.74) is 8.06. The van der Waals surface area contributed by atoms with Crippen molar-refractivity contribution in [2.45, 2.75) is 60.3 Å². The standard InChI is InChI=1S/C23H30N2.Pd/c1-6-7-8-9-21(25-23-14-19(4)11-20(5)15-23)16-24-22-12-17(2)10-18(3)13-22;/h10-16H,6-9H2,1-5H3;/b24-16+,25-21+;. The zero-order chi connectivity index (χ0) is 18.2. The van der Waals surface area contributed by atoms with Gasteiger partial charge in [0.05, 0.1) is 17.1 Å². The maximum Gasteiger partial charge on any atom is 0.0638 e. The number of aryl methyl sites for hydroxylation is 4. The Bertz CT molecular complexity index is 735. The summed E-state index contributed by atoms with van der Waals surface area (Å²) in [6, 6.07) is 12.9. The van der Waals surface area contributed by atoms with Crippen molar-refractivity contribution < 1.29 is 20.4 Å². The molecule has 0 amide bonds. The largest absolute Gasteiger partial charge is 0.255 e. The van der Waals surface area contributed by atoms with Crippen LogP contribution in [0.4, 0.5) is 11.4 Å². The van der Waals surface area contributed by atoms with Crippen LogP contribution in [0.5, 0.6) is 0 Å². The van der Waals surface area contributed by atoms with Crippen LogP contribution in [0.25, 0.3) is 0 Å². The zero-order valence-corrected chi connectivity index (χ0v) is 18.1. The third-order valence-corrected chi connectivity index (χ3v) is 4.08. The molecule has 0 spiro atoms. The van der Waals surface area contributed by atoms with E-state index in [1.165, 1.54) is 35.1 Å². The fraction of sp³-hybridized carbons (Fsp3) is 0.391. The van der Waals surface area contributed by atoms with E-state index in [2.05, 4.69) is 71.0 Å². The van der Waals surface area contributed by atoms with E-state index >= 15 is 0 Å². The van der Waals surface area contributed by atoms with Gasteiger partial charge in [0.2, 0.25) is 0 Å². The minimum Gasteiger partial charge on any atom is -0.255 e. The molecule has 0 aromatic heterocycles. The van der Waals surface area contributed by atoms with Crippen LogP contribution in [-0.2, 0) is 20.4 Å². The van der Waals surface area contributed by atoms with Gasteiger partial charge in [0.15, 0.2) is 0 Å². The number of unbranched alkanes of at least 4 members (excludes halogenated alkanes) is 2. The van der Waals surface area contributed by atoms with E-state index in [4.69, 9.17) is 9.98 Å². The molecule has 0 fully saturated rings. The van der Waals surface area contributed by atoms with Crippen LogP contribution in [0.2, 0.25) is 0 Å². The Morgan fingerprint density at radius 3 is 1.77 bits per heavy atom. The van der Waals surface area contributed by atoms with Gasteiger partial charge in [-0.1, -0.05) is 31.9 Å². The summed E-state index contributed by atoms with van der Waals surface area (Å²) in [5, 5.41) is 0. The van der Waals surface area contributed by atoms with Crippen LogP contribution in [0.1, 0.15) is 54.9 Å². The topological polar surface area (TPSA) is 24.7 Å². The van der Waals surface area contributed by atoms with Gasteiger partial charge >= 0.3 is 0 Å². The van der Waals surface area contributed by atoms with Crippen molar-refractivity contribution in [3.63, 3.8) is 0 Å². The van der Waals surface area contributed by atoms with E-state index in [1.807, 2.05) is 6.21 Å². The van der Waals surface area contributed by atoms with E-state index in [1.54, 1.807) is 0 Å². The van der Waals surface area contributed by atoms with Crippen LogP contribution in [0.15, 0.2) is 46.4 Å². The molecule has 26 heavy (non-hydrogen) atoms. The molecule has 0 N–H and O–H groups in total. The maximum absolute atomic E-state index is 4.88. The van der Waals surface area contributed by atoms with E-state index in [-0.39, 0.29) is 20.4 Å². The van der Waals surface area contributed by atoms with E-state index in [0.29, 0.717) is 0 Å². The summed E-state index contributed by atoms with van der Waals surface area (Å²) in [6.07, 6.45) is 6.50. The third kappa shape index (κ3) is 7.77. The SMILES string of the molecule is CCCCCC(/C=N/c1cc(C)cc(C)c1)=N\c1cc(C)cc(C)c1.[Pd]. The summed E-state index contributed by atoms with van der Waals surface area (Å²) >= 11 is 0. The van der Waals surface area contributed by atoms with Crippen molar-refractivity contribution >= 4 is 23.3 Å². The van der Waals surface area contributed by atoms with Crippen LogP contribution in [0.3, 0.4) is 0 Å². The Hall–Kier alpha value is -1.56. The van der Waals surface area contributed by atoms with Gasteiger partial charge in [-0.2, -0.15) is 0 Å². The molecule has 2 rings (SSSR count). The number of aliphatic imine (C=N–C) groups is 2. The molecule has 0 heterocycles. The molecule has 0 aliphatic heterocycles. The molecule has 3 heteroatoms. The van der Waals surface area contributed by atoms with Gasteiger partial charge in [0.1, 0.15) is 0 Å². The smallest absolute Gasteiger partial charge is 0.0638 e. The number of rotatable bonds is 7. The first kappa shape index (κ1) is 22.5. The molecule has 142 valence electrons. The first-order valence-corrected chi connectivity index (χ1v) is 9.24.